The second kappa shape index (κ2) is 8.09. The Labute approximate surface area is 165 Å². The molecular weight excluding hydrogens is 384 g/mol. The Bertz CT molecular complexity index is 797. The maximum absolute atomic E-state index is 12.7. The molecule has 0 bridgehead atoms. The quantitative estimate of drug-likeness (QED) is 0.462. The maximum atomic E-state index is 12.7. The fourth-order valence-corrected chi connectivity index (χ4v) is 5.97. The summed E-state index contributed by atoms with van der Waals surface area (Å²) in [6.07, 6.45) is 9.77. The van der Waals surface area contributed by atoms with Gasteiger partial charge in [-0.25, -0.2) is 13.2 Å². The van der Waals surface area contributed by atoms with Crippen LogP contribution in [0.4, 0.5) is 4.79 Å². The molecule has 28 heavy (non-hydrogen) atoms. The van der Waals surface area contributed by atoms with E-state index in [4.69, 9.17) is 6.42 Å². The number of carbonyl (C=O) groups is 3. The molecule has 1 saturated carbocycles. The van der Waals surface area contributed by atoms with Gasteiger partial charge >= 0.3 is 6.03 Å². The highest BCUT2D eigenvalue weighted by molar-refractivity contribution is 7.91. The van der Waals surface area contributed by atoms with Gasteiger partial charge in [0.05, 0.1) is 18.1 Å². The number of terminal acetylenes is 1. The van der Waals surface area contributed by atoms with Gasteiger partial charge in [-0.2, -0.15) is 5.01 Å². The summed E-state index contributed by atoms with van der Waals surface area (Å²) >= 11 is 0. The van der Waals surface area contributed by atoms with Gasteiger partial charge in [0.2, 0.25) is 5.91 Å². The molecule has 0 aromatic rings. The highest BCUT2D eigenvalue weighted by Crippen LogP contribution is 2.33. The molecule has 0 aromatic carbocycles. The van der Waals surface area contributed by atoms with Gasteiger partial charge in [0.15, 0.2) is 9.84 Å². The second-order valence-corrected chi connectivity index (χ2v) is 9.96. The number of rotatable bonds is 6. The molecule has 3 aliphatic rings. The molecule has 154 valence electrons. The van der Waals surface area contributed by atoms with E-state index < -0.39 is 33.2 Å². The lowest BCUT2D eigenvalue weighted by atomic mass is 9.82. The van der Waals surface area contributed by atoms with Gasteiger partial charge in [-0.1, -0.05) is 25.2 Å². The first-order valence-electron chi connectivity index (χ1n) is 9.60. The number of carbonyl (C=O) groups excluding carboxylic acids is 3. The van der Waals surface area contributed by atoms with Crippen molar-refractivity contribution in [1.29, 1.82) is 0 Å². The molecule has 2 heterocycles. The number of imide groups is 1. The Kier molecular flexibility index (Phi) is 5.95. The molecule has 1 spiro atoms. The highest BCUT2D eigenvalue weighted by Gasteiger charge is 2.52. The summed E-state index contributed by atoms with van der Waals surface area (Å²) in [7, 11) is -3.06. The smallest absolute Gasteiger partial charge is 0.322 e. The molecule has 2 saturated heterocycles. The van der Waals surface area contributed by atoms with Crippen LogP contribution in [-0.4, -0.2) is 72.3 Å². The Morgan fingerprint density at radius 2 is 2.04 bits per heavy atom. The number of nitrogens with zero attached hydrogens (tertiary/aromatic N) is 2. The van der Waals surface area contributed by atoms with E-state index >= 15 is 0 Å². The fourth-order valence-electron chi connectivity index (χ4n) is 4.21. The molecule has 2 aliphatic heterocycles. The van der Waals surface area contributed by atoms with Gasteiger partial charge in [0, 0.05) is 19.0 Å². The zero-order chi connectivity index (χ0) is 20.4. The molecule has 10 heteroatoms. The van der Waals surface area contributed by atoms with E-state index in [1.54, 1.807) is 4.90 Å². The number of hydrazine groups is 1. The van der Waals surface area contributed by atoms with Gasteiger partial charge in [0.25, 0.3) is 5.91 Å². The van der Waals surface area contributed by atoms with Crippen molar-refractivity contribution in [3.05, 3.63) is 0 Å². The lowest BCUT2D eigenvalue weighted by Crippen LogP contribution is -2.51. The molecule has 2 N–H and O–H groups in total. The molecule has 0 radical (unpaired) electrons. The molecule has 3 rings (SSSR count). The fraction of sp³-hybridized carbons (Fsp3) is 0.722. The first kappa shape index (κ1) is 20.6. The molecule has 9 nitrogen and oxygen atoms in total. The summed E-state index contributed by atoms with van der Waals surface area (Å²) in [5.74, 6) is 1.75. The third-order valence-electron chi connectivity index (χ3n) is 5.75. The Morgan fingerprint density at radius 1 is 1.32 bits per heavy atom. The molecule has 3 fully saturated rings. The summed E-state index contributed by atoms with van der Waals surface area (Å²) in [5, 5.41) is 3.51. The highest BCUT2D eigenvalue weighted by atomic mass is 32.2. The van der Waals surface area contributed by atoms with Crippen molar-refractivity contribution in [2.24, 2.45) is 0 Å². The number of hydrogen-bond donors (Lipinski definition) is 2. The summed E-state index contributed by atoms with van der Waals surface area (Å²) in [5.41, 5.74) is 1.50. The van der Waals surface area contributed by atoms with Gasteiger partial charge in [-0.15, -0.1) is 6.42 Å². The van der Waals surface area contributed by atoms with E-state index in [9.17, 15) is 22.8 Å². The predicted molar refractivity (Wildman–Crippen MR) is 101 cm³/mol. The number of sulfone groups is 1. The van der Waals surface area contributed by atoms with Crippen molar-refractivity contribution in [2.75, 3.05) is 24.6 Å². The van der Waals surface area contributed by atoms with Crippen LogP contribution in [0, 0.1) is 12.3 Å². The van der Waals surface area contributed by atoms with Crippen molar-refractivity contribution in [3.63, 3.8) is 0 Å². The second-order valence-electron chi connectivity index (χ2n) is 7.73. The molecule has 1 aliphatic carbocycles. The van der Waals surface area contributed by atoms with E-state index in [2.05, 4.69) is 16.7 Å². The van der Waals surface area contributed by atoms with Crippen LogP contribution in [0.1, 0.15) is 44.9 Å². The van der Waals surface area contributed by atoms with Crippen molar-refractivity contribution in [3.8, 4) is 12.3 Å². The van der Waals surface area contributed by atoms with Gasteiger partial charge < -0.3 is 5.32 Å². The minimum atomic E-state index is -3.06. The summed E-state index contributed by atoms with van der Waals surface area (Å²) in [6, 6.07) is -0.821. The predicted octanol–water partition coefficient (Wildman–Crippen LogP) is -0.215. The monoisotopic (exact) mass is 410 g/mol. The minimum absolute atomic E-state index is 0.00227. The van der Waals surface area contributed by atoms with Gasteiger partial charge in [0.1, 0.15) is 5.54 Å². The average Bonchev–Trinajstić information content (AvgIpc) is 3.11. The standard InChI is InChI=1S/C18H26N4O5S/c1-2-10-21(14-7-12-28(26,27)13-14)11-6-15(23)20-22-16(24)18(19-17(22)25)8-4-3-5-9-18/h1,14H,3-13H2,(H,19,25)(H,20,23). The summed E-state index contributed by atoms with van der Waals surface area (Å²) in [6.45, 7) is 0.491. The van der Waals surface area contributed by atoms with Crippen LogP contribution in [-0.2, 0) is 19.4 Å². The minimum Gasteiger partial charge on any atom is -0.322 e. The number of urea groups is 1. The molecule has 1 unspecified atom stereocenters. The van der Waals surface area contributed by atoms with Crippen LogP contribution in [0.15, 0.2) is 0 Å². The van der Waals surface area contributed by atoms with E-state index in [-0.39, 0.29) is 37.1 Å². The lowest BCUT2D eigenvalue weighted by molar-refractivity contribution is -0.140. The van der Waals surface area contributed by atoms with E-state index in [0.717, 1.165) is 24.3 Å². The Hall–Kier alpha value is -2.12. The SMILES string of the molecule is C#CCN(CCC(=O)NN1C(=O)NC2(CCCCC2)C1=O)C1CCS(=O)(=O)C1. The zero-order valence-electron chi connectivity index (χ0n) is 15.8. The number of amides is 4. The van der Waals surface area contributed by atoms with Crippen LogP contribution in [0.3, 0.4) is 0 Å². The maximum Gasteiger partial charge on any atom is 0.344 e. The van der Waals surface area contributed by atoms with Crippen molar-refractivity contribution >= 4 is 27.7 Å². The average molecular weight is 410 g/mol. The van der Waals surface area contributed by atoms with Crippen molar-refractivity contribution in [1.82, 2.24) is 20.7 Å². The molecule has 0 aromatic heterocycles. The van der Waals surface area contributed by atoms with E-state index in [1.165, 1.54) is 0 Å². The third-order valence-corrected chi connectivity index (χ3v) is 7.50. The molecule has 4 amide bonds. The topological polar surface area (TPSA) is 116 Å². The summed E-state index contributed by atoms with van der Waals surface area (Å²) in [4.78, 5) is 39.0. The van der Waals surface area contributed by atoms with Crippen LogP contribution in [0.25, 0.3) is 0 Å². The van der Waals surface area contributed by atoms with E-state index in [1.807, 2.05) is 0 Å². The van der Waals surface area contributed by atoms with Crippen molar-refractivity contribution in [2.45, 2.75) is 56.5 Å². The first-order valence-corrected chi connectivity index (χ1v) is 11.4. The first-order chi connectivity index (χ1) is 13.3. The summed E-state index contributed by atoms with van der Waals surface area (Å²) < 4.78 is 23.4. The Morgan fingerprint density at radius 3 is 2.64 bits per heavy atom. The lowest BCUT2D eigenvalue weighted by Gasteiger charge is -2.30. The number of nitrogens with one attached hydrogen (secondary N) is 2. The van der Waals surface area contributed by atoms with Gasteiger partial charge in [-0.05, 0) is 19.3 Å². The van der Waals surface area contributed by atoms with Crippen LogP contribution in [0.5, 0.6) is 0 Å². The Balaban J connectivity index is 1.55. The van der Waals surface area contributed by atoms with Crippen LogP contribution >= 0.6 is 0 Å². The third kappa shape index (κ3) is 4.31. The normalized spacial score (nSPS) is 25.7. The number of hydrogen-bond acceptors (Lipinski definition) is 6. The van der Waals surface area contributed by atoms with Crippen molar-refractivity contribution < 1.29 is 22.8 Å². The zero-order valence-corrected chi connectivity index (χ0v) is 16.6. The molecule has 1 atom stereocenters. The van der Waals surface area contributed by atoms with Crippen LogP contribution in [0.2, 0.25) is 0 Å². The van der Waals surface area contributed by atoms with Gasteiger partial charge in [-0.3, -0.25) is 19.9 Å². The van der Waals surface area contributed by atoms with E-state index in [0.29, 0.717) is 19.3 Å². The molecular formula is C18H26N4O5S. The van der Waals surface area contributed by atoms with Crippen LogP contribution < -0.4 is 10.7 Å². The largest absolute Gasteiger partial charge is 0.344 e.